The Labute approximate surface area is 180 Å². The number of aromatic amines is 1. The minimum absolute atomic E-state index is 0.107. The average molecular weight is 409 g/mol. The standard InChI is InChI=1S/C26H23N3O2/c1-2-20-13-14-21(31-20)16-23-26(30)29-17-24(19-11-7-4-8-12-19)27-22(25(29)28-23)15-18-9-5-3-6-10-18/h3-14,17,27H,2,15-16H2,1H3. The van der Waals surface area contributed by atoms with Crippen molar-refractivity contribution in [3.05, 3.63) is 118 Å². The fourth-order valence-electron chi connectivity index (χ4n) is 3.85. The molecule has 0 unspecified atom stereocenters. The number of nitrogens with zero attached hydrogens (tertiary/aromatic N) is 2. The number of H-pyrrole nitrogens is 1. The van der Waals surface area contributed by atoms with Crippen molar-refractivity contribution < 1.29 is 4.42 Å². The average Bonchev–Trinajstić information content (AvgIpc) is 3.40. The van der Waals surface area contributed by atoms with E-state index in [9.17, 15) is 4.79 Å². The zero-order valence-corrected chi connectivity index (χ0v) is 17.3. The largest absolute Gasteiger partial charge is 0.466 e. The smallest absolute Gasteiger partial charge is 0.278 e. The highest BCUT2D eigenvalue weighted by atomic mass is 16.3. The van der Waals surface area contributed by atoms with Gasteiger partial charge in [-0.05, 0) is 23.3 Å². The van der Waals surface area contributed by atoms with Gasteiger partial charge in [0, 0.05) is 19.0 Å². The van der Waals surface area contributed by atoms with Gasteiger partial charge in [0.1, 0.15) is 17.2 Å². The number of aromatic nitrogens is 3. The van der Waals surface area contributed by atoms with Crippen LogP contribution in [0.15, 0.2) is 88.2 Å². The van der Waals surface area contributed by atoms with Crippen molar-refractivity contribution in [2.45, 2.75) is 26.2 Å². The van der Waals surface area contributed by atoms with Gasteiger partial charge in [0.05, 0.1) is 17.8 Å². The van der Waals surface area contributed by atoms with Crippen molar-refractivity contribution >= 4 is 0 Å². The molecular weight excluding hydrogens is 386 g/mol. The van der Waals surface area contributed by atoms with Gasteiger partial charge < -0.3 is 9.40 Å². The lowest BCUT2D eigenvalue weighted by Crippen LogP contribution is -2.17. The number of nitrogens with one attached hydrogen (secondary N) is 1. The second kappa shape index (κ2) is 8.11. The van der Waals surface area contributed by atoms with Crippen molar-refractivity contribution in [2.24, 2.45) is 0 Å². The Morgan fingerprint density at radius 2 is 1.61 bits per heavy atom. The predicted molar refractivity (Wildman–Crippen MR) is 121 cm³/mol. The van der Waals surface area contributed by atoms with Gasteiger partial charge in [0.25, 0.3) is 5.56 Å². The van der Waals surface area contributed by atoms with Gasteiger partial charge in [-0.2, -0.15) is 0 Å². The summed E-state index contributed by atoms with van der Waals surface area (Å²) >= 11 is 0. The van der Waals surface area contributed by atoms with Gasteiger partial charge in [-0.25, -0.2) is 4.98 Å². The summed E-state index contributed by atoms with van der Waals surface area (Å²) in [6.07, 6.45) is 3.71. The van der Waals surface area contributed by atoms with Gasteiger partial charge in [0.2, 0.25) is 0 Å². The first-order valence-electron chi connectivity index (χ1n) is 10.5. The summed E-state index contributed by atoms with van der Waals surface area (Å²) in [6.45, 7) is 2.04. The topological polar surface area (TPSA) is 63.8 Å². The highest BCUT2D eigenvalue weighted by Gasteiger charge is 2.21. The number of rotatable bonds is 6. The number of imidazole rings is 1. The summed E-state index contributed by atoms with van der Waals surface area (Å²) in [5.74, 6) is 2.33. The molecule has 0 saturated carbocycles. The summed E-state index contributed by atoms with van der Waals surface area (Å²) in [5, 5.41) is 0. The molecule has 0 atom stereocenters. The molecule has 5 rings (SSSR count). The molecule has 0 fully saturated rings. The summed E-state index contributed by atoms with van der Waals surface area (Å²) in [7, 11) is 0. The van der Waals surface area contributed by atoms with Gasteiger partial charge >= 0.3 is 0 Å². The molecule has 2 aromatic carbocycles. The maximum atomic E-state index is 13.2. The van der Waals surface area contributed by atoms with Crippen LogP contribution in [-0.2, 0) is 19.3 Å². The van der Waals surface area contributed by atoms with E-state index in [1.165, 1.54) is 0 Å². The van der Waals surface area contributed by atoms with E-state index in [1.54, 1.807) is 4.57 Å². The molecule has 5 nitrogen and oxygen atoms in total. The molecule has 2 aliphatic heterocycles. The third kappa shape index (κ3) is 3.82. The van der Waals surface area contributed by atoms with E-state index < -0.39 is 0 Å². The van der Waals surface area contributed by atoms with Gasteiger partial charge in [0.15, 0.2) is 5.82 Å². The second-order valence-corrected chi connectivity index (χ2v) is 7.63. The SMILES string of the molecule is CCc1ccc(Cc2nc3c(Cc4ccccc4)[nH]c(-c4ccccc4)cn-3c2=O)o1. The Morgan fingerprint density at radius 1 is 0.903 bits per heavy atom. The zero-order chi connectivity index (χ0) is 21.2. The van der Waals surface area contributed by atoms with E-state index in [-0.39, 0.29) is 5.56 Å². The molecule has 154 valence electrons. The molecule has 2 aliphatic rings. The highest BCUT2D eigenvalue weighted by molar-refractivity contribution is 5.60. The van der Waals surface area contributed by atoms with Crippen LogP contribution in [0.25, 0.3) is 17.1 Å². The zero-order valence-electron chi connectivity index (χ0n) is 17.3. The fourth-order valence-corrected chi connectivity index (χ4v) is 3.85. The molecule has 0 amide bonds. The number of furan rings is 1. The van der Waals surface area contributed by atoms with Crippen molar-refractivity contribution in [1.82, 2.24) is 14.5 Å². The van der Waals surface area contributed by atoms with Crippen LogP contribution in [-0.4, -0.2) is 14.5 Å². The molecule has 1 aromatic heterocycles. The lowest BCUT2D eigenvalue weighted by molar-refractivity contribution is 0.477. The molecule has 5 heteroatoms. The van der Waals surface area contributed by atoms with Gasteiger partial charge in [-0.15, -0.1) is 0 Å². The lowest BCUT2D eigenvalue weighted by atomic mass is 10.1. The first-order valence-corrected chi connectivity index (χ1v) is 10.5. The van der Waals surface area contributed by atoms with Gasteiger partial charge in [-0.3, -0.25) is 9.36 Å². The van der Waals surface area contributed by atoms with Crippen LogP contribution >= 0.6 is 0 Å². The Hall–Kier alpha value is -3.86. The Bertz CT molecular complexity index is 1330. The maximum absolute atomic E-state index is 13.2. The van der Waals surface area contributed by atoms with Gasteiger partial charge in [-0.1, -0.05) is 67.6 Å². The summed E-state index contributed by atoms with van der Waals surface area (Å²) in [6, 6.07) is 24.1. The minimum Gasteiger partial charge on any atom is -0.466 e. The molecule has 0 aliphatic carbocycles. The van der Waals surface area contributed by atoms with Crippen molar-refractivity contribution in [2.75, 3.05) is 0 Å². The third-order valence-corrected chi connectivity index (χ3v) is 5.46. The quantitative estimate of drug-likeness (QED) is 0.429. The number of fused-ring (bicyclic) bond motifs is 1. The van der Waals surface area contributed by atoms with E-state index >= 15 is 0 Å². The monoisotopic (exact) mass is 409 g/mol. The number of hydrogen-bond acceptors (Lipinski definition) is 3. The fraction of sp³-hybridized carbons (Fsp3) is 0.154. The third-order valence-electron chi connectivity index (χ3n) is 5.46. The van der Waals surface area contributed by atoms with E-state index in [2.05, 4.69) is 17.1 Å². The number of benzene rings is 2. The molecule has 3 heterocycles. The van der Waals surface area contributed by atoms with Crippen LogP contribution in [0.5, 0.6) is 0 Å². The second-order valence-electron chi connectivity index (χ2n) is 7.63. The molecular formula is C26H23N3O2. The van der Waals surface area contributed by atoms with Crippen LogP contribution in [0.4, 0.5) is 0 Å². The van der Waals surface area contributed by atoms with E-state index in [4.69, 9.17) is 9.40 Å². The summed E-state index contributed by atoms with van der Waals surface area (Å²) in [4.78, 5) is 21.5. The summed E-state index contributed by atoms with van der Waals surface area (Å²) in [5.41, 5.74) is 4.35. The van der Waals surface area contributed by atoms with Crippen molar-refractivity contribution in [3.8, 4) is 17.1 Å². The Balaban J connectivity index is 1.63. The normalized spacial score (nSPS) is 11.3. The number of aryl methyl sites for hydroxylation is 1. The Morgan fingerprint density at radius 3 is 2.32 bits per heavy atom. The van der Waals surface area contributed by atoms with E-state index in [0.29, 0.717) is 24.4 Å². The van der Waals surface area contributed by atoms with Crippen LogP contribution in [0.3, 0.4) is 0 Å². The summed E-state index contributed by atoms with van der Waals surface area (Å²) < 4.78 is 7.47. The van der Waals surface area contributed by atoms with Crippen LogP contribution in [0, 0.1) is 0 Å². The highest BCUT2D eigenvalue weighted by Crippen LogP contribution is 2.24. The van der Waals surface area contributed by atoms with Crippen molar-refractivity contribution in [3.63, 3.8) is 0 Å². The molecule has 0 bridgehead atoms. The molecule has 0 radical (unpaired) electrons. The van der Waals surface area contributed by atoms with Crippen molar-refractivity contribution in [1.29, 1.82) is 0 Å². The van der Waals surface area contributed by atoms with Crippen LogP contribution in [0.2, 0.25) is 0 Å². The van der Waals surface area contributed by atoms with E-state index in [0.717, 1.165) is 40.5 Å². The first kappa shape index (κ1) is 19.1. The lowest BCUT2D eigenvalue weighted by Gasteiger charge is -2.13. The van der Waals surface area contributed by atoms with Crippen LogP contribution < -0.4 is 5.56 Å². The Kier molecular flexibility index (Phi) is 5.00. The molecule has 3 aromatic rings. The molecule has 0 spiro atoms. The van der Waals surface area contributed by atoms with Crippen LogP contribution in [0.1, 0.15) is 35.4 Å². The number of hydrogen-bond donors (Lipinski definition) is 1. The van der Waals surface area contributed by atoms with E-state index in [1.807, 2.05) is 73.8 Å². The maximum Gasteiger partial charge on any atom is 0.278 e. The minimum atomic E-state index is -0.107. The molecule has 1 N–H and O–H groups in total. The molecule has 0 saturated heterocycles. The molecule has 31 heavy (non-hydrogen) atoms. The predicted octanol–water partition coefficient (Wildman–Crippen LogP) is 5.00. The first-order chi connectivity index (χ1) is 15.2.